The van der Waals surface area contributed by atoms with E-state index in [1.54, 1.807) is 6.92 Å². The standard InChI is InChI=1S/C35H61N3O10/c1-9-31(28-19(2)15-27(44-28)35(37)23(6)16-21(4)33(18-39,38-43)48-35)11-10-26(45-31)30(8)12-13-32(46-30)17-25(40)24(7)34(36,47-32)22(5)14-20(3)29(41)42/h19-28,39-40H,9-18,36-37H2,1-8H3,(H,41,42)/t19-,20?,21+,22-,23-,24+,25-,26?,27+,28?,30-,31-,32-,33-,34+,35-/m0/s1. The number of nitrogens with two attached hydrogens (primary N) is 2. The van der Waals surface area contributed by atoms with Gasteiger partial charge in [0.25, 0.3) is 0 Å². The monoisotopic (exact) mass is 683 g/mol. The van der Waals surface area contributed by atoms with E-state index in [0.717, 1.165) is 12.8 Å². The number of carboxylic acids is 1. The van der Waals surface area contributed by atoms with E-state index in [1.807, 2.05) is 34.6 Å². The third-order valence-corrected chi connectivity index (χ3v) is 13.4. The van der Waals surface area contributed by atoms with Crippen LogP contribution in [0.1, 0.15) is 113 Å². The van der Waals surface area contributed by atoms with Gasteiger partial charge >= 0.3 is 5.97 Å². The minimum Gasteiger partial charge on any atom is -0.481 e. The summed E-state index contributed by atoms with van der Waals surface area (Å²) in [7, 11) is 0. The maximum Gasteiger partial charge on any atom is 0.306 e. The van der Waals surface area contributed by atoms with Crippen molar-refractivity contribution in [2.24, 2.45) is 52.2 Å². The minimum absolute atomic E-state index is 0.0755. The number of aliphatic hydroxyl groups excluding tert-OH is 2. The highest BCUT2D eigenvalue weighted by atomic mass is 16.7. The summed E-state index contributed by atoms with van der Waals surface area (Å²) in [6, 6.07) is 0. The fourth-order valence-electron chi connectivity index (χ4n) is 9.78. The van der Waals surface area contributed by atoms with Gasteiger partial charge in [-0.15, -0.1) is 4.91 Å². The predicted octanol–water partition coefficient (Wildman–Crippen LogP) is 3.99. The molecule has 0 aromatic heterocycles. The molecule has 0 aromatic carbocycles. The largest absolute Gasteiger partial charge is 0.481 e. The van der Waals surface area contributed by atoms with Crippen LogP contribution in [-0.2, 0) is 28.5 Å². The molecule has 5 fully saturated rings. The van der Waals surface area contributed by atoms with Gasteiger partial charge in [0.05, 0.1) is 42.0 Å². The van der Waals surface area contributed by atoms with Crippen molar-refractivity contribution in [2.75, 3.05) is 6.61 Å². The van der Waals surface area contributed by atoms with Gasteiger partial charge in [-0.25, -0.2) is 0 Å². The Labute approximate surface area is 285 Å². The van der Waals surface area contributed by atoms with Crippen LogP contribution < -0.4 is 11.5 Å². The van der Waals surface area contributed by atoms with Crippen LogP contribution in [0.25, 0.3) is 0 Å². The van der Waals surface area contributed by atoms with Crippen LogP contribution in [0.3, 0.4) is 0 Å². The van der Waals surface area contributed by atoms with Gasteiger partial charge in [-0.1, -0.05) is 48.5 Å². The Morgan fingerprint density at radius 1 is 1.00 bits per heavy atom. The van der Waals surface area contributed by atoms with Gasteiger partial charge in [0, 0.05) is 30.6 Å². The molecule has 3 unspecified atom stereocenters. The van der Waals surface area contributed by atoms with E-state index in [2.05, 4.69) is 19.0 Å². The normalized spacial score (nSPS) is 52.4. The lowest BCUT2D eigenvalue weighted by atomic mass is 9.75. The minimum atomic E-state index is -1.62. The summed E-state index contributed by atoms with van der Waals surface area (Å²) < 4.78 is 33.6. The van der Waals surface area contributed by atoms with Gasteiger partial charge in [-0.3, -0.25) is 4.79 Å². The summed E-state index contributed by atoms with van der Waals surface area (Å²) in [5, 5.41) is 34.1. The molecule has 16 atom stereocenters. The molecule has 48 heavy (non-hydrogen) atoms. The Hall–Kier alpha value is -1.29. The second kappa shape index (κ2) is 13.0. The predicted molar refractivity (Wildman–Crippen MR) is 176 cm³/mol. The number of hydrogen-bond acceptors (Lipinski definition) is 12. The van der Waals surface area contributed by atoms with Crippen LogP contribution >= 0.6 is 0 Å². The van der Waals surface area contributed by atoms with Crippen molar-refractivity contribution in [1.82, 2.24) is 0 Å². The molecule has 5 aliphatic heterocycles. The van der Waals surface area contributed by atoms with E-state index in [1.165, 1.54) is 0 Å². The van der Waals surface area contributed by atoms with Gasteiger partial charge in [0.1, 0.15) is 17.6 Å². The van der Waals surface area contributed by atoms with Crippen molar-refractivity contribution < 1.29 is 43.8 Å². The first-order chi connectivity index (χ1) is 22.3. The maximum absolute atomic E-state index is 11.9. The number of nitroso groups, excluding NO2 is 1. The Morgan fingerprint density at radius 3 is 2.29 bits per heavy atom. The number of hydrogen-bond donors (Lipinski definition) is 5. The number of carbonyl (C=O) groups is 1. The summed E-state index contributed by atoms with van der Waals surface area (Å²) in [5.41, 5.74) is 8.33. The van der Waals surface area contributed by atoms with E-state index in [9.17, 15) is 25.0 Å². The van der Waals surface area contributed by atoms with Crippen molar-refractivity contribution in [3.05, 3.63) is 4.91 Å². The molecule has 5 heterocycles. The number of ether oxygens (including phenoxy) is 5. The topological polar surface area (TPSA) is 205 Å². The third-order valence-electron chi connectivity index (χ3n) is 13.4. The molecule has 5 rings (SSSR count). The lowest BCUT2D eigenvalue weighted by Crippen LogP contribution is -2.67. The SMILES string of the molecule is CC[C@@]1(C2O[C@@H]([C@@]3(N)O[C@](CO)(N=O)[C@H](C)C[C@@H]3C)C[C@@H]2C)CCC([C@]2(C)CC[C@]3(C[C@H](O)[C@@H](C)[C@@](N)([C@@H](C)CC(C)C(=O)O)O3)O2)O1. The molecule has 0 saturated carbocycles. The van der Waals surface area contributed by atoms with Crippen LogP contribution in [0.2, 0.25) is 0 Å². The van der Waals surface area contributed by atoms with Crippen molar-refractivity contribution in [3.8, 4) is 0 Å². The first-order valence-electron chi connectivity index (χ1n) is 18.2. The number of aliphatic hydroxyl groups is 2. The fourth-order valence-corrected chi connectivity index (χ4v) is 9.78. The maximum atomic E-state index is 11.9. The second-order valence-electron chi connectivity index (χ2n) is 16.6. The van der Waals surface area contributed by atoms with Crippen LogP contribution in [0, 0.1) is 40.4 Å². The van der Waals surface area contributed by atoms with Crippen LogP contribution in [-0.4, -0.2) is 86.5 Å². The average Bonchev–Trinajstić information content (AvgIpc) is 3.74. The zero-order valence-corrected chi connectivity index (χ0v) is 30.1. The highest BCUT2D eigenvalue weighted by Gasteiger charge is 2.65. The van der Waals surface area contributed by atoms with Crippen molar-refractivity contribution >= 4 is 5.97 Å². The van der Waals surface area contributed by atoms with E-state index >= 15 is 0 Å². The van der Waals surface area contributed by atoms with E-state index in [4.69, 9.17) is 35.2 Å². The third kappa shape index (κ3) is 6.06. The molecular formula is C35H61N3O10. The molecule has 13 heteroatoms. The Morgan fingerprint density at radius 2 is 1.69 bits per heavy atom. The van der Waals surface area contributed by atoms with E-state index in [-0.39, 0.29) is 42.3 Å². The molecule has 7 N–H and O–H groups in total. The first-order valence-corrected chi connectivity index (χ1v) is 18.2. The van der Waals surface area contributed by atoms with Crippen molar-refractivity contribution in [1.29, 1.82) is 0 Å². The Balaban J connectivity index is 1.32. The zero-order valence-electron chi connectivity index (χ0n) is 30.1. The molecule has 1 spiro atoms. The lowest BCUT2D eigenvalue weighted by molar-refractivity contribution is -0.363. The van der Waals surface area contributed by atoms with Crippen LogP contribution in [0.4, 0.5) is 0 Å². The molecule has 5 saturated heterocycles. The molecule has 0 radical (unpaired) electrons. The number of carboxylic acid groups (broad SMARTS) is 1. The van der Waals surface area contributed by atoms with Gasteiger partial charge in [-0.2, -0.15) is 0 Å². The van der Waals surface area contributed by atoms with Gasteiger partial charge in [0.15, 0.2) is 5.79 Å². The van der Waals surface area contributed by atoms with Crippen LogP contribution in [0.15, 0.2) is 5.18 Å². The second-order valence-corrected chi connectivity index (χ2v) is 16.6. The van der Waals surface area contributed by atoms with E-state index in [0.29, 0.717) is 38.5 Å². The fraction of sp³-hybridized carbons (Fsp3) is 0.971. The quantitative estimate of drug-likeness (QED) is 0.207. The highest BCUT2D eigenvalue weighted by molar-refractivity contribution is 5.69. The summed E-state index contributed by atoms with van der Waals surface area (Å²) in [6.07, 6.45) is 3.20. The highest BCUT2D eigenvalue weighted by Crippen LogP contribution is 2.56. The Kier molecular flexibility index (Phi) is 10.3. The summed E-state index contributed by atoms with van der Waals surface area (Å²) >= 11 is 0. The molecule has 0 aliphatic carbocycles. The molecule has 5 aliphatic rings. The van der Waals surface area contributed by atoms with Gasteiger partial charge < -0.3 is 50.5 Å². The van der Waals surface area contributed by atoms with E-state index < -0.39 is 70.8 Å². The smallest absolute Gasteiger partial charge is 0.306 e. The molecule has 0 bridgehead atoms. The Bertz CT molecular complexity index is 1210. The zero-order chi connectivity index (χ0) is 35.7. The first kappa shape index (κ1) is 38.0. The average molecular weight is 684 g/mol. The van der Waals surface area contributed by atoms with Crippen molar-refractivity contribution in [2.45, 2.75) is 172 Å². The molecule has 0 aromatic rings. The number of nitrogens with zero attached hydrogens (tertiary/aromatic N) is 1. The van der Waals surface area contributed by atoms with Crippen molar-refractivity contribution in [3.63, 3.8) is 0 Å². The number of aliphatic carboxylic acids is 1. The number of rotatable bonds is 10. The molecule has 0 amide bonds. The summed E-state index contributed by atoms with van der Waals surface area (Å²) in [4.78, 5) is 23.5. The van der Waals surface area contributed by atoms with Gasteiger partial charge in [0.2, 0.25) is 5.72 Å². The van der Waals surface area contributed by atoms with Gasteiger partial charge in [-0.05, 0) is 68.9 Å². The summed E-state index contributed by atoms with van der Waals surface area (Å²) in [6.45, 7) is 14.9. The molecular weight excluding hydrogens is 622 g/mol. The molecule has 13 nitrogen and oxygen atoms in total. The lowest BCUT2D eigenvalue weighted by Gasteiger charge is -2.53. The molecule has 276 valence electrons. The summed E-state index contributed by atoms with van der Waals surface area (Å²) in [5.74, 6) is -3.76. The van der Waals surface area contributed by atoms with Crippen LogP contribution in [0.5, 0.6) is 0 Å².